The lowest BCUT2D eigenvalue weighted by Crippen LogP contribution is -2.50. The molecule has 0 radical (unpaired) electrons. The molecule has 0 saturated heterocycles. The van der Waals surface area contributed by atoms with Crippen LogP contribution < -0.4 is 25.4 Å². The summed E-state index contributed by atoms with van der Waals surface area (Å²) in [5.41, 5.74) is 1.27. The SMILES string of the molecule is C=CCSC1=NN2C(=c3cc(Br)ccc3=NC2c2ccc(OC)c(OC)c2)C(=O)N1. The molecule has 2 aliphatic rings. The van der Waals surface area contributed by atoms with Gasteiger partial charge in [0.2, 0.25) is 0 Å². The Bertz CT molecular complexity index is 1180. The van der Waals surface area contributed by atoms with E-state index in [2.05, 4.69) is 27.8 Å². The predicted molar refractivity (Wildman–Crippen MR) is 121 cm³/mol. The molecule has 0 aliphatic carbocycles. The van der Waals surface area contributed by atoms with Gasteiger partial charge >= 0.3 is 0 Å². The molecule has 4 rings (SSSR count). The van der Waals surface area contributed by atoms with Gasteiger partial charge in [0.05, 0.1) is 19.6 Å². The Morgan fingerprint density at radius 2 is 2.03 bits per heavy atom. The van der Waals surface area contributed by atoms with Gasteiger partial charge in [-0.2, -0.15) is 0 Å². The number of ether oxygens (including phenoxy) is 2. The highest BCUT2D eigenvalue weighted by Crippen LogP contribution is 2.35. The molecule has 30 heavy (non-hydrogen) atoms. The summed E-state index contributed by atoms with van der Waals surface area (Å²) in [6.07, 6.45) is 1.23. The Kier molecular flexibility index (Phi) is 5.83. The zero-order chi connectivity index (χ0) is 21.3. The van der Waals surface area contributed by atoms with Gasteiger partial charge in [-0.3, -0.25) is 15.1 Å². The maximum absolute atomic E-state index is 13.1. The van der Waals surface area contributed by atoms with Gasteiger partial charge in [-0.15, -0.1) is 11.7 Å². The van der Waals surface area contributed by atoms with Crippen molar-refractivity contribution in [2.45, 2.75) is 6.17 Å². The van der Waals surface area contributed by atoms with Gasteiger partial charge in [-0.05, 0) is 30.3 Å². The smallest absolute Gasteiger partial charge is 0.276 e. The van der Waals surface area contributed by atoms with Crippen LogP contribution in [-0.4, -0.2) is 36.1 Å². The highest BCUT2D eigenvalue weighted by Gasteiger charge is 2.34. The Morgan fingerprint density at radius 1 is 1.23 bits per heavy atom. The van der Waals surface area contributed by atoms with Crippen LogP contribution >= 0.6 is 27.7 Å². The number of fused-ring (bicyclic) bond motifs is 2. The average Bonchev–Trinajstić information content (AvgIpc) is 2.76. The van der Waals surface area contributed by atoms with Crippen LogP contribution in [0.5, 0.6) is 11.5 Å². The van der Waals surface area contributed by atoms with Crippen LogP contribution in [0.3, 0.4) is 0 Å². The van der Waals surface area contributed by atoms with E-state index in [1.54, 1.807) is 25.3 Å². The Hall–Kier alpha value is -2.78. The Morgan fingerprint density at radius 3 is 2.77 bits per heavy atom. The van der Waals surface area contributed by atoms with Gasteiger partial charge < -0.3 is 9.47 Å². The monoisotopic (exact) mass is 486 g/mol. The number of hydrogen-bond acceptors (Lipinski definition) is 7. The molecule has 2 aromatic carbocycles. The third kappa shape index (κ3) is 3.70. The maximum Gasteiger partial charge on any atom is 0.276 e. The predicted octanol–water partition coefficient (Wildman–Crippen LogP) is 2.53. The molecule has 0 fully saturated rings. The van der Waals surface area contributed by atoms with E-state index in [0.717, 1.165) is 20.6 Å². The number of hydrogen-bond donors (Lipinski definition) is 1. The molecular formula is C21H19BrN4O3S. The van der Waals surface area contributed by atoms with Crippen molar-refractivity contribution in [2.75, 3.05) is 20.0 Å². The molecule has 1 atom stereocenters. The van der Waals surface area contributed by atoms with Crippen molar-refractivity contribution in [1.29, 1.82) is 0 Å². The number of amidine groups is 1. The molecule has 9 heteroatoms. The minimum atomic E-state index is -0.529. The van der Waals surface area contributed by atoms with Gasteiger partial charge in [0.1, 0.15) is 5.70 Å². The minimum absolute atomic E-state index is 0.226. The largest absolute Gasteiger partial charge is 0.493 e. The first kappa shape index (κ1) is 20.5. The van der Waals surface area contributed by atoms with E-state index in [-0.39, 0.29) is 5.91 Å². The van der Waals surface area contributed by atoms with Crippen molar-refractivity contribution in [3.63, 3.8) is 0 Å². The molecule has 0 bridgehead atoms. The summed E-state index contributed by atoms with van der Waals surface area (Å²) in [5.74, 6) is 1.60. The summed E-state index contributed by atoms with van der Waals surface area (Å²) >= 11 is 4.88. The zero-order valence-electron chi connectivity index (χ0n) is 16.4. The van der Waals surface area contributed by atoms with Gasteiger partial charge in [-0.1, -0.05) is 39.8 Å². The normalized spacial score (nSPS) is 17.2. The van der Waals surface area contributed by atoms with Gasteiger partial charge in [-0.25, -0.2) is 5.01 Å². The Balaban J connectivity index is 1.92. The molecule has 1 unspecified atom stereocenters. The number of thioether (sulfide) groups is 1. The fourth-order valence-electron chi connectivity index (χ4n) is 3.28. The second kappa shape index (κ2) is 8.53. The summed E-state index contributed by atoms with van der Waals surface area (Å²) in [6, 6.07) is 11.2. The average molecular weight is 487 g/mol. The summed E-state index contributed by atoms with van der Waals surface area (Å²) < 4.78 is 11.7. The second-order valence-electron chi connectivity index (χ2n) is 6.43. The summed E-state index contributed by atoms with van der Waals surface area (Å²) in [6.45, 7) is 3.73. The first-order valence-electron chi connectivity index (χ1n) is 9.08. The molecule has 1 N–H and O–H groups in total. The van der Waals surface area contributed by atoms with Gasteiger partial charge in [0.25, 0.3) is 5.91 Å². The first-order valence-corrected chi connectivity index (χ1v) is 10.9. The number of carbonyl (C=O) groups is 1. The molecule has 0 aromatic heterocycles. The number of nitrogens with zero attached hydrogens (tertiary/aromatic N) is 3. The summed E-state index contributed by atoms with van der Waals surface area (Å²) in [4.78, 5) is 18.0. The number of halogens is 1. The standard InChI is InChI=1S/C21H19BrN4O3S/c1-4-9-30-21-24-20(27)18-14-11-13(22)6-7-15(14)23-19(26(18)25-21)12-5-8-16(28-2)17(10-12)29-3/h4-8,10-11,19H,1,9H2,2-3H3,(H,24,25,27). The number of rotatable bonds is 5. The molecule has 0 spiro atoms. The fourth-order valence-corrected chi connectivity index (χ4v) is 4.23. The third-order valence-electron chi connectivity index (χ3n) is 4.61. The summed E-state index contributed by atoms with van der Waals surface area (Å²) in [5, 5.41) is 11.2. The number of carbonyl (C=O) groups excluding carboxylic acids is 1. The van der Waals surface area contributed by atoms with Crippen molar-refractivity contribution in [1.82, 2.24) is 10.3 Å². The highest BCUT2D eigenvalue weighted by molar-refractivity contribution is 9.10. The zero-order valence-corrected chi connectivity index (χ0v) is 18.8. The van der Waals surface area contributed by atoms with Crippen molar-refractivity contribution in [3.8, 4) is 11.5 Å². The van der Waals surface area contributed by atoms with Crippen LogP contribution in [0.2, 0.25) is 0 Å². The number of benzene rings is 2. The molecule has 0 saturated carbocycles. The number of hydrazone groups is 1. The second-order valence-corrected chi connectivity index (χ2v) is 8.36. The van der Waals surface area contributed by atoms with Crippen LogP contribution in [0.1, 0.15) is 11.7 Å². The topological polar surface area (TPSA) is 75.5 Å². The van der Waals surface area contributed by atoms with Crippen molar-refractivity contribution in [2.24, 2.45) is 10.1 Å². The van der Waals surface area contributed by atoms with Crippen LogP contribution in [0.4, 0.5) is 0 Å². The van der Waals surface area contributed by atoms with Crippen LogP contribution in [0, 0.1) is 0 Å². The van der Waals surface area contributed by atoms with Crippen LogP contribution in [-0.2, 0) is 4.79 Å². The fraction of sp³-hybridized carbons (Fsp3) is 0.190. The third-order valence-corrected chi connectivity index (χ3v) is 5.97. The number of nitrogens with one attached hydrogen (secondary N) is 1. The van der Waals surface area contributed by atoms with Crippen LogP contribution in [0.15, 0.2) is 63.6 Å². The van der Waals surface area contributed by atoms with Crippen molar-refractivity contribution in [3.05, 3.63) is 69.7 Å². The molecule has 154 valence electrons. The summed E-state index contributed by atoms with van der Waals surface area (Å²) in [7, 11) is 3.17. The van der Waals surface area contributed by atoms with E-state index >= 15 is 0 Å². The van der Waals surface area contributed by atoms with Crippen molar-refractivity contribution < 1.29 is 14.3 Å². The molecular weight excluding hydrogens is 468 g/mol. The number of amides is 1. The van der Waals surface area contributed by atoms with E-state index < -0.39 is 6.17 Å². The lowest BCUT2D eigenvalue weighted by molar-refractivity contribution is -0.116. The minimum Gasteiger partial charge on any atom is -0.493 e. The quantitative estimate of drug-likeness (QED) is 0.657. The molecule has 1 amide bonds. The van der Waals surface area contributed by atoms with Crippen LogP contribution in [0.25, 0.3) is 5.70 Å². The molecule has 2 heterocycles. The maximum atomic E-state index is 13.1. The first-order chi connectivity index (χ1) is 14.5. The van der Waals surface area contributed by atoms with E-state index in [1.807, 2.05) is 36.4 Å². The lowest BCUT2D eigenvalue weighted by Gasteiger charge is -2.34. The van der Waals surface area contributed by atoms with Gasteiger partial charge in [0.15, 0.2) is 22.8 Å². The Labute approximate surface area is 186 Å². The number of methoxy groups -OCH3 is 2. The highest BCUT2D eigenvalue weighted by atomic mass is 79.9. The van der Waals surface area contributed by atoms with E-state index in [4.69, 9.17) is 19.6 Å². The lowest BCUT2D eigenvalue weighted by atomic mass is 10.1. The molecule has 2 aromatic rings. The molecule has 2 aliphatic heterocycles. The van der Waals surface area contributed by atoms with Gasteiger partial charge in [0, 0.05) is 21.0 Å². The van der Waals surface area contributed by atoms with Crippen molar-refractivity contribution >= 4 is 44.5 Å². The van der Waals surface area contributed by atoms with E-state index in [0.29, 0.717) is 28.1 Å². The molecule has 7 nitrogen and oxygen atoms in total. The van der Waals surface area contributed by atoms with E-state index in [1.165, 1.54) is 11.8 Å². The van der Waals surface area contributed by atoms with E-state index in [9.17, 15) is 4.79 Å².